The Bertz CT molecular complexity index is 598. The van der Waals surface area contributed by atoms with Gasteiger partial charge in [0, 0.05) is 11.9 Å². The van der Waals surface area contributed by atoms with E-state index in [0.29, 0.717) is 5.69 Å². The van der Waals surface area contributed by atoms with Crippen molar-refractivity contribution >= 4 is 17.2 Å². The fourth-order valence-corrected chi connectivity index (χ4v) is 3.20. The minimum atomic E-state index is 0.0246. The van der Waals surface area contributed by atoms with Gasteiger partial charge in [0.1, 0.15) is 11.4 Å². The summed E-state index contributed by atoms with van der Waals surface area (Å²) in [5, 5.41) is 1.81. The van der Waals surface area contributed by atoms with Gasteiger partial charge in [0.2, 0.25) is 0 Å². The van der Waals surface area contributed by atoms with Gasteiger partial charge in [0.15, 0.2) is 0 Å². The van der Waals surface area contributed by atoms with Crippen molar-refractivity contribution in [1.29, 1.82) is 0 Å². The molecule has 20 heavy (non-hydrogen) atoms. The second-order valence-corrected chi connectivity index (χ2v) is 5.53. The molecule has 1 atom stereocenters. The van der Waals surface area contributed by atoms with Crippen molar-refractivity contribution in [3.8, 4) is 5.75 Å². The minimum absolute atomic E-state index is 0.0246. The van der Waals surface area contributed by atoms with Gasteiger partial charge in [-0.25, -0.2) is 4.98 Å². The number of amides is 1. The van der Waals surface area contributed by atoms with Gasteiger partial charge in [0.05, 0.1) is 18.7 Å². The number of benzene rings is 1. The van der Waals surface area contributed by atoms with Crippen molar-refractivity contribution in [2.45, 2.75) is 18.9 Å². The molecule has 1 amide bonds. The summed E-state index contributed by atoms with van der Waals surface area (Å²) >= 11 is 1.45. The van der Waals surface area contributed by atoms with E-state index in [4.69, 9.17) is 4.74 Å². The number of rotatable bonds is 3. The van der Waals surface area contributed by atoms with Crippen LogP contribution in [0.5, 0.6) is 5.75 Å². The summed E-state index contributed by atoms with van der Waals surface area (Å²) in [7, 11) is 1.66. The van der Waals surface area contributed by atoms with E-state index < -0.39 is 0 Å². The molecule has 4 nitrogen and oxygen atoms in total. The van der Waals surface area contributed by atoms with Crippen molar-refractivity contribution < 1.29 is 9.53 Å². The van der Waals surface area contributed by atoms with Crippen LogP contribution in [-0.4, -0.2) is 29.4 Å². The number of thiazole rings is 1. The number of carbonyl (C=O) groups is 1. The molecular weight excluding hydrogens is 272 g/mol. The Morgan fingerprint density at radius 1 is 1.50 bits per heavy atom. The Labute approximate surface area is 122 Å². The van der Waals surface area contributed by atoms with E-state index in [9.17, 15) is 4.79 Å². The van der Waals surface area contributed by atoms with E-state index in [2.05, 4.69) is 11.1 Å². The topological polar surface area (TPSA) is 42.4 Å². The van der Waals surface area contributed by atoms with Gasteiger partial charge in [-0.3, -0.25) is 4.79 Å². The van der Waals surface area contributed by atoms with Gasteiger partial charge < -0.3 is 9.64 Å². The predicted octanol–water partition coefficient (Wildman–Crippen LogP) is 3.13. The summed E-state index contributed by atoms with van der Waals surface area (Å²) in [4.78, 5) is 18.5. The van der Waals surface area contributed by atoms with Crippen LogP contribution in [0, 0.1) is 0 Å². The van der Waals surface area contributed by atoms with Crippen LogP contribution in [0.25, 0.3) is 0 Å². The number of ether oxygens (including phenoxy) is 1. The summed E-state index contributed by atoms with van der Waals surface area (Å²) in [6.45, 7) is 0.790. The lowest BCUT2D eigenvalue weighted by molar-refractivity contribution is 0.0730. The summed E-state index contributed by atoms with van der Waals surface area (Å²) < 4.78 is 5.27. The zero-order chi connectivity index (χ0) is 13.9. The molecule has 3 rings (SSSR count). The van der Waals surface area contributed by atoms with E-state index in [0.717, 1.165) is 30.7 Å². The van der Waals surface area contributed by atoms with Crippen molar-refractivity contribution in [3.63, 3.8) is 0 Å². The first-order valence-corrected chi connectivity index (χ1v) is 7.57. The molecule has 5 heteroatoms. The molecule has 1 aromatic heterocycles. The number of methoxy groups -OCH3 is 1. The second-order valence-electron chi connectivity index (χ2n) is 4.81. The van der Waals surface area contributed by atoms with Crippen LogP contribution in [0.1, 0.15) is 34.9 Å². The molecule has 0 N–H and O–H groups in total. The molecule has 0 aliphatic carbocycles. The number of carbonyl (C=O) groups excluding carboxylic acids is 1. The van der Waals surface area contributed by atoms with Crippen LogP contribution < -0.4 is 4.74 Å². The fourth-order valence-electron chi connectivity index (χ4n) is 2.67. The van der Waals surface area contributed by atoms with E-state index in [-0.39, 0.29) is 11.9 Å². The van der Waals surface area contributed by atoms with Crippen LogP contribution in [0.3, 0.4) is 0 Å². The molecule has 1 aliphatic rings. The number of nitrogens with zero attached hydrogens (tertiary/aromatic N) is 2. The zero-order valence-electron chi connectivity index (χ0n) is 11.3. The number of hydrogen-bond acceptors (Lipinski definition) is 4. The molecule has 0 unspecified atom stereocenters. The lowest BCUT2D eigenvalue weighted by atomic mass is 10.0. The van der Waals surface area contributed by atoms with Crippen molar-refractivity contribution in [2.75, 3.05) is 13.7 Å². The van der Waals surface area contributed by atoms with Crippen LogP contribution in [0.2, 0.25) is 0 Å². The zero-order valence-corrected chi connectivity index (χ0v) is 12.1. The highest BCUT2D eigenvalue weighted by Gasteiger charge is 2.31. The average molecular weight is 288 g/mol. The second kappa shape index (κ2) is 5.63. The predicted molar refractivity (Wildman–Crippen MR) is 78.1 cm³/mol. The highest BCUT2D eigenvalue weighted by atomic mass is 32.1. The highest BCUT2D eigenvalue weighted by molar-refractivity contribution is 7.07. The molecule has 104 valence electrons. The van der Waals surface area contributed by atoms with Crippen LogP contribution in [0.4, 0.5) is 0 Å². The molecule has 0 bridgehead atoms. The first kappa shape index (κ1) is 13.1. The number of likely N-dealkylation sites (tertiary alicyclic amines) is 1. The lowest BCUT2D eigenvalue weighted by Gasteiger charge is -2.24. The number of aromatic nitrogens is 1. The van der Waals surface area contributed by atoms with Crippen LogP contribution in [0.15, 0.2) is 35.2 Å². The first-order valence-electron chi connectivity index (χ1n) is 6.62. The standard InChI is InChI=1S/C15H16N2O2S/c1-19-12-5-2-4-11(8-12)14-6-3-7-17(14)15(18)13-9-20-10-16-13/h2,4-5,8-10,14H,3,6-7H2,1H3/t14-/m1/s1. The summed E-state index contributed by atoms with van der Waals surface area (Å²) in [5.74, 6) is 0.854. The quantitative estimate of drug-likeness (QED) is 0.871. The van der Waals surface area contributed by atoms with Crippen molar-refractivity contribution in [3.05, 3.63) is 46.4 Å². The Kier molecular flexibility index (Phi) is 3.69. The Morgan fingerprint density at radius 3 is 3.15 bits per heavy atom. The van der Waals surface area contributed by atoms with Crippen molar-refractivity contribution in [2.24, 2.45) is 0 Å². The molecule has 0 saturated carbocycles. The van der Waals surface area contributed by atoms with E-state index >= 15 is 0 Å². The Balaban J connectivity index is 1.86. The third-order valence-corrected chi connectivity index (χ3v) is 4.23. The average Bonchev–Trinajstić information content (AvgIpc) is 3.17. The summed E-state index contributed by atoms with van der Waals surface area (Å²) in [5.41, 5.74) is 3.37. The third-order valence-electron chi connectivity index (χ3n) is 3.64. The maximum Gasteiger partial charge on any atom is 0.273 e. The molecule has 0 radical (unpaired) electrons. The molecule has 2 heterocycles. The maximum absolute atomic E-state index is 12.5. The highest BCUT2D eigenvalue weighted by Crippen LogP contribution is 2.34. The minimum Gasteiger partial charge on any atom is -0.497 e. The van der Waals surface area contributed by atoms with Gasteiger partial charge in [-0.15, -0.1) is 11.3 Å². The van der Waals surface area contributed by atoms with E-state index in [1.807, 2.05) is 28.5 Å². The van der Waals surface area contributed by atoms with Gasteiger partial charge in [-0.05, 0) is 30.5 Å². The normalized spacial score (nSPS) is 18.2. The monoisotopic (exact) mass is 288 g/mol. The van der Waals surface area contributed by atoms with Gasteiger partial charge in [-0.1, -0.05) is 12.1 Å². The number of hydrogen-bond donors (Lipinski definition) is 0. The van der Waals surface area contributed by atoms with Crippen LogP contribution >= 0.6 is 11.3 Å². The smallest absolute Gasteiger partial charge is 0.273 e. The first-order chi connectivity index (χ1) is 9.79. The Hall–Kier alpha value is -1.88. The molecule has 1 saturated heterocycles. The summed E-state index contributed by atoms with van der Waals surface area (Å²) in [6, 6.07) is 8.08. The lowest BCUT2D eigenvalue weighted by Crippen LogP contribution is -2.30. The fraction of sp³-hybridized carbons (Fsp3) is 0.333. The van der Waals surface area contributed by atoms with Gasteiger partial charge in [-0.2, -0.15) is 0 Å². The van der Waals surface area contributed by atoms with Crippen molar-refractivity contribution in [1.82, 2.24) is 9.88 Å². The molecule has 1 aliphatic heterocycles. The van der Waals surface area contributed by atoms with Crippen LogP contribution in [-0.2, 0) is 0 Å². The molecule has 1 fully saturated rings. The molecule has 0 spiro atoms. The summed E-state index contributed by atoms with van der Waals surface area (Å²) in [6.07, 6.45) is 2.01. The molecule has 2 aromatic rings. The van der Waals surface area contributed by atoms with Gasteiger partial charge >= 0.3 is 0 Å². The van der Waals surface area contributed by atoms with E-state index in [1.165, 1.54) is 11.3 Å². The van der Waals surface area contributed by atoms with Gasteiger partial charge in [0.25, 0.3) is 5.91 Å². The Morgan fingerprint density at radius 2 is 2.40 bits per heavy atom. The largest absolute Gasteiger partial charge is 0.497 e. The maximum atomic E-state index is 12.5. The van der Waals surface area contributed by atoms with E-state index in [1.54, 1.807) is 12.6 Å². The molecule has 1 aromatic carbocycles. The third kappa shape index (κ3) is 2.41. The molecular formula is C15H16N2O2S. The SMILES string of the molecule is COc1cccc([C@H]2CCCN2C(=O)c2cscn2)c1.